The van der Waals surface area contributed by atoms with Crippen molar-refractivity contribution < 1.29 is 4.42 Å². The summed E-state index contributed by atoms with van der Waals surface area (Å²) in [7, 11) is 0. The molecule has 0 atom stereocenters. The Bertz CT molecular complexity index is 1070. The molecule has 4 rings (SSSR count). The number of oxazole rings is 1. The van der Waals surface area contributed by atoms with E-state index in [1.807, 2.05) is 61.9 Å². The molecule has 136 valence electrons. The van der Waals surface area contributed by atoms with Crippen LogP contribution in [0.2, 0.25) is 0 Å². The third kappa shape index (κ3) is 3.64. The lowest BCUT2D eigenvalue weighted by Gasteiger charge is -2.07. The quantitative estimate of drug-likeness (QED) is 0.476. The molecule has 3 aromatic heterocycles. The van der Waals surface area contributed by atoms with Crippen LogP contribution in [0, 0.1) is 20.8 Å². The second kappa shape index (κ2) is 7.36. The first-order chi connectivity index (χ1) is 13.1. The van der Waals surface area contributed by atoms with E-state index in [0.29, 0.717) is 11.6 Å². The third-order valence-corrected chi connectivity index (χ3v) is 5.09. The molecular weight excluding hydrogens is 358 g/mol. The minimum Gasteiger partial charge on any atom is -0.441 e. The van der Waals surface area contributed by atoms with Crippen LogP contribution in [0.15, 0.2) is 58.2 Å². The molecule has 7 heteroatoms. The highest BCUT2D eigenvalue weighted by Gasteiger charge is 2.15. The van der Waals surface area contributed by atoms with Crippen LogP contribution in [0.4, 0.5) is 0 Å². The summed E-state index contributed by atoms with van der Waals surface area (Å²) >= 11 is 1.58. The van der Waals surface area contributed by atoms with Crippen molar-refractivity contribution in [3.63, 3.8) is 0 Å². The fourth-order valence-electron chi connectivity index (χ4n) is 2.81. The average molecular weight is 377 g/mol. The summed E-state index contributed by atoms with van der Waals surface area (Å²) in [6.07, 6.45) is 3.38. The van der Waals surface area contributed by atoms with E-state index in [1.54, 1.807) is 24.2 Å². The van der Waals surface area contributed by atoms with Gasteiger partial charge in [0.05, 0.1) is 11.4 Å². The van der Waals surface area contributed by atoms with Crippen molar-refractivity contribution in [2.75, 3.05) is 0 Å². The molecule has 0 aliphatic heterocycles. The molecule has 0 spiro atoms. The van der Waals surface area contributed by atoms with Crippen molar-refractivity contribution in [1.29, 1.82) is 0 Å². The van der Waals surface area contributed by atoms with E-state index in [9.17, 15) is 0 Å². The highest BCUT2D eigenvalue weighted by atomic mass is 32.2. The summed E-state index contributed by atoms with van der Waals surface area (Å²) in [5.74, 6) is 2.84. The fraction of sp³-hybridized carbons (Fsp3) is 0.200. The predicted molar refractivity (Wildman–Crippen MR) is 105 cm³/mol. The number of thioether (sulfide) groups is 1. The van der Waals surface area contributed by atoms with Crippen LogP contribution in [-0.4, -0.2) is 24.7 Å². The molecule has 0 amide bonds. The molecule has 0 bridgehead atoms. The van der Waals surface area contributed by atoms with Gasteiger partial charge < -0.3 is 4.42 Å². The molecule has 0 saturated carbocycles. The van der Waals surface area contributed by atoms with Gasteiger partial charge in [-0.05, 0) is 39.0 Å². The summed E-state index contributed by atoms with van der Waals surface area (Å²) < 4.78 is 7.68. The molecule has 0 aliphatic rings. The van der Waals surface area contributed by atoms with Crippen LogP contribution in [0.1, 0.15) is 22.8 Å². The molecule has 1 aromatic carbocycles. The number of hydrogen-bond donors (Lipinski definition) is 0. The second-order valence-electron chi connectivity index (χ2n) is 6.20. The molecule has 0 unspecified atom stereocenters. The highest BCUT2D eigenvalue weighted by molar-refractivity contribution is 7.98. The number of nitrogens with zero attached hydrogens (tertiary/aromatic N) is 5. The van der Waals surface area contributed by atoms with Crippen molar-refractivity contribution in [1.82, 2.24) is 24.7 Å². The maximum Gasteiger partial charge on any atom is 0.226 e. The molecule has 6 nitrogen and oxygen atoms in total. The number of hydrogen-bond acceptors (Lipinski definition) is 6. The van der Waals surface area contributed by atoms with Gasteiger partial charge in [-0.15, -0.1) is 0 Å². The van der Waals surface area contributed by atoms with Crippen LogP contribution in [0.25, 0.3) is 17.3 Å². The van der Waals surface area contributed by atoms with Gasteiger partial charge in [-0.3, -0.25) is 0 Å². The van der Waals surface area contributed by atoms with Gasteiger partial charge in [-0.1, -0.05) is 30.0 Å². The molecule has 0 aliphatic carbocycles. The van der Waals surface area contributed by atoms with Crippen LogP contribution in [-0.2, 0) is 5.75 Å². The van der Waals surface area contributed by atoms with Crippen molar-refractivity contribution in [3.05, 3.63) is 71.6 Å². The van der Waals surface area contributed by atoms with Crippen molar-refractivity contribution in [2.24, 2.45) is 0 Å². The van der Waals surface area contributed by atoms with Gasteiger partial charge in [0.25, 0.3) is 0 Å². The molecule has 0 radical (unpaired) electrons. The average Bonchev–Trinajstić information content (AvgIpc) is 3.22. The monoisotopic (exact) mass is 377 g/mol. The first-order valence-corrected chi connectivity index (χ1v) is 9.59. The van der Waals surface area contributed by atoms with Crippen molar-refractivity contribution in [3.8, 4) is 17.3 Å². The van der Waals surface area contributed by atoms with Crippen LogP contribution in [0.5, 0.6) is 0 Å². The lowest BCUT2D eigenvalue weighted by atomic mass is 10.2. The maximum absolute atomic E-state index is 5.85. The maximum atomic E-state index is 5.85. The molecule has 4 aromatic rings. The third-order valence-electron chi connectivity index (χ3n) is 4.12. The Balaban J connectivity index is 1.58. The first-order valence-electron chi connectivity index (χ1n) is 8.61. The summed E-state index contributed by atoms with van der Waals surface area (Å²) in [4.78, 5) is 13.6. The smallest absolute Gasteiger partial charge is 0.226 e. The Morgan fingerprint density at radius 2 is 1.81 bits per heavy atom. The predicted octanol–water partition coefficient (Wildman–Crippen LogP) is 4.53. The van der Waals surface area contributed by atoms with Gasteiger partial charge in [0.2, 0.25) is 5.89 Å². The number of aromatic nitrogens is 5. The zero-order valence-corrected chi connectivity index (χ0v) is 16.2. The summed E-state index contributed by atoms with van der Waals surface area (Å²) in [5, 5.41) is 5.34. The Kier molecular flexibility index (Phi) is 4.77. The SMILES string of the molecule is Cc1cc(C)n(-c2nccnc2SCc2nc(-c3ccccc3)oc2C)n1. The van der Waals surface area contributed by atoms with E-state index in [2.05, 4.69) is 20.1 Å². The minimum absolute atomic E-state index is 0.640. The fourth-order valence-corrected chi connectivity index (χ4v) is 3.76. The Morgan fingerprint density at radius 3 is 2.56 bits per heavy atom. The molecular formula is C20H19N5OS. The van der Waals surface area contributed by atoms with Crippen molar-refractivity contribution >= 4 is 11.8 Å². The van der Waals surface area contributed by atoms with Crippen molar-refractivity contribution in [2.45, 2.75) is 31.6 Å². The van der Waals surface area contributed by atoms with E-state index in [4.69, 9.17) is 4.42 Å². The standard InChI is InChI=1S/C20H19N5OS/c1-13-11-14(2)25(24-13)18-20(22-10-9-21-18)27-12-17-15(3)26-19(23-17)16-7-5-4-6-8-16/h4-11H,12H2,1-3H3. The molecule has 27 heavy (non-hydrogen) atoms. The summed E-state index contributed by atoms with van der Waals surface area (Å²) in [6, 6.07) is 11.9. The lowest BCUT2D eigenvalue weighted by Crippen LogP contribution is -2.05. The number of benzene rings is 1. The molecule has 0 N–H and O–H groups in total. The summed E-state index contributed by atoms with van der Waals surface area (Å²) in [6.45, 7) is 5.92. The summed E-state index contributed by atoms with van der Waals surface area (Å²) in [5.41, 5.74) is 3.86. The Labute approximate surface area is 161 Å². The molecule has 0 fully saturated rings. The highest BCUT2D eigenvalue weighted by Crippen LogP contribution is 2.29. The van der Waals surface area contributed by atoms with E-state index in [-0.39, 0.29) is 0 Å². The zero-order chi connectivity index (χ0) is 18.8. The molecule has 3 heterocycles. The normalized spacial score (nSPS) is 11.1. The van der Waals surface area contributed by atoms with Gasteiger partial charge in [0.15, 0.2) is 5.82 Å². The van der Waals surface area contributed by atoms with Gasteiger partial charge in [-0.2, -0.15) is 5.10 Å². The van der Waals surface area contributed by atoms with E-state index < -0.39 is 0 Å². The number of rotatable bonds is 5. The van der Waals surface area contributed by atoms with Crippen LogP contribution in [0.3, 0.4) is 0 Å². The molecule has 0 saturated heterocycles. The lowest BCUT2D eigenvalue weighted by molar-refractivity contribution is 0.540. The van der Waals surface area contributed by atoms with E-state index in [1.165, 1.54) is 0 Å². The van der Waals surface area contributed by atoms with Gasteiger partial charge >= 0.3 is 0 Å². The second-order valence-corrected chi connectivity index (χ2v) is 7.16. The minimum atomic E-state index is 0.640. The van der Waals surface area contributed by atoms with Gasteiger partial charge in [0, 0.05) is 29.4 Å². The van der Waals surface area contributed by atoms with Crippen LogP contribution >= 0.6 is 11.8 Å². The van der Waals surface area contributed by atoms with Crippen LogP contribution < -0.4 is 0 Å². The number of aryl methyl sites for hydroxylation is 3. The topological polar surface area (TPSA) is 69.6 Å². The Morgan fingerprint density at radius 1 is 1.04 bits per heavy atom. The van der Waals surface area contributed by atoms with E-state index >= 15 is 0 Å². The zero-order valence-electron chi connectivity index (χ0n) is 15.4. The van der Waals surface area contributed by atoms with E-state index in [0.717, 1.165) is 39.2 Å². The first kappa shape index (κ1) is 17.5. The van der Waals surface area contributed by atoms with Gasteiger partial charge in [0.1, 0.15) is 10.8 Å². The van der Waals surface area contributed by atoms with Gasteiger partial charge in [-0.25, -0.2) is 19.6 Å². The largest absolute Gasteiger partial charge is 0.441 e. The Hall–Kier alpha value is -2.93.